The van der Waals surface area contributed by atoms with Crippen LogP contribution in [-0.4, -0.2) is 19.1 Å². The van der Waals surface area contributed by atoms with E-state index in [-0.39, 0.29) is 31.9 Å². The molecule has 0 radical (unpaired) electrons. The van der Waals surface area contributed by atoms with Crippen molar-refractivity contribution in [1.82, 2.24) is 19.1 Å². The van der Waals surface area contributed by atoms with Crippen LogP contribution in [0.15, 0.2) is 152 Å². The van der Waals surface area contributed by atoms with Crippen LogP contribution < -0.4 is 4.74 Å². The van der Waals surface area contributed by atoms with Gasteiger partial charge in [0.05, 0.1) is 16.9 Å². The van der Waals surface area contributed by atoms with Crippen molar-refractivity contribution in [2.45, 2.75) is 45.4 Å². The molecule has 0 aliphatic rings. The van der Waals surface area contributed by atoms with Gasteiger partial charge in [0.1, 0.15) is 5.82 Å². The topological polar surface area (TPSA) is 44.9 Å². The summed E-state index contributed by atoms with van der Waals surface area (Å²) in [6.07, 6.45) is 1.89. The van der Waals surface area contributed by atoms with E-state index < -0.39 is 0 Å². The molecule has 5 nitrogen and oxygen atoms in total. The molecular weight excluding hydrogens is 856 g/mol. The van der Waals surface area contributed by atoms with Gasteiger partial charge in [-0.1, -0.05) is 125 Å². The molecule has 0 aliphatic carbocycles. The van der Waals surface area contributed by atoms with Gasteiger partial charge in [0.15, 0.2) is 0 Å². The summed E-state index contributed by atoms with van der Waals surface area (Å²) in [6.45, 7) is 11.2. The fourth-order valence-electron chi connectivity index (χ4n) is 7.59. The summed E-state index contributed by atoms with van der Waals surface area (Å²) in [4.78, 5) is 10.1. The number of ether oxygens (including phenoxy) is 1. The van der Waals surface area contributed by atoms with Crippen LogP contribution in [0.4, 0.5) is 0 Å². The average molecular weight is 896 g/mol. The Morgan fingerprint density at radius 3 is 2.09 bits per heavy atom. The fraction of sp³-hybridized carbons (Fsp3) is 0.143. The van der Waals surface area contributed by atoms with Crippen LogP contribution >= 0.6 is 0 Å². The van der Waals surface area contributed by atoms with E-state index in [2.05, 4.69) is 171 Å². The Bertz CT molecular complexity index is 2810. The Balaban J connectivity index is 0.00000427. The Labute approximate surface area is 336 Å². The van der Waals surface area contributed by atoms with E-state index in [1.165, 1.54) is 16.7 Å². The number of benzene rings is 6. The molecule has 0 saturated heterocycles. The predicted octanol–water partition coefficient (Wildman–Crippen LogP) is 12.2. The third kappa shape index (κ3) is 6.47. The quantitative estimate of drug-likeness (QED) is 0.150. The summed E-state index contributed by atoms with van der Waals surface area (Å²) < 4.78 is 11.0. The molecule has 9 rings (SSSR count). The SMILES string of the molecule is CC(C)(C)c1ccnc(-n2c3[c-]c(Oc4[c-]c(-c5nc6cccc(C(C)(C)c7ccccc7)c6n5-c5ccccc5)ccc4)ccc3c3ccccc32)c1.[Pt+2]. The van der Waals surface area contributed by atoms with Crippen molar-refractivity contribution in [3.8, 4) is 34.4 Å². The molecule has 9 aromatic rings. The summed E-state index contributed by atoms with van der Waals surface area (Å²) in [5, 5.41) is 2.23. The number of hydrogen-bond acceptors (Lipinski definition) is 3. The monoisotopic (exact) mass is 895 g/mol. The van der Waals surface area contributed by atoms with Gasteiger partial charge in [0.25, 0.3) is 0 Å². The summed E-state index contributed by atoms with van der Waals surface area (Å²) in [6, 6.07) is 57.5. The van der Waals surface area contributed by atoms with Gasteiger partial charge >= 0.3 is 21.1 Å². The molecule has 6 aromatic carbocycles. The van der Waals surface area contributed by atoms with Crippen molar-refractivity contribution in [3.63, 3.8) is 0 Å². The van der Waals surface area contributed by atoms with Gasteiger partial charge in [0.2, 0.25) is 0 Å². The number of imidazole rings is 1. The molecule has 3 aromatic heterocycles. The van der Waals surface area contributed by atoms with Gasteiger partial charge in [-0.25, -0.2) is 4.98 Å². The predicted molar refractivity (Wildman–Crippen MR) is 220 cm³/mol. The maximum Gasteiger partial charge on any atom is 2.00 e. The van der Waals surface area contributed by atoms with E-state index in [0.717, 1.165) is 55.7 Å². The summed E-state index contributed by atoms with van der Waals surface area (Å²) >= 11 is 0. The molecule has 55 heavy (non-hydrogen) atoms. The molecule has 0 N–H and O–H groups in total. The van der Waals surface area contributed by atoms with Crippen LogP contribution in [0.5, 0.6) is 11.5 Å². The van der Waals surface area contributed by atoms with Crippen LogP contribution in [0.25, 0.3) is 55.7 Å². The first kappa shape index (κ1) is 36.2. The standard InChI is InChI=1S/C49H40N4O.Pt/c1-48(2,3)35-28-29-50-45(31-35)53-43-25-13-12-22-39(43)40-27-26-38(32-44(40)53)54-37-21-14-16-33(30-37)47-51-42-24-15-23-41(49(4,5)34-17-8-6-9-18-34)46(42)52(47)36-19-10-7-11-20-36;/h6-29,31H,1-5H3;/q-2;+2. The van der Waals surface area contributed by atoms with Crippen LogP contribution in [0, 0.1) is 12.1 Å². The summed E-state index contributed by atoms with van der Waals surface area (Å²) in [7, 11) is 0. The number of aromatic nitrogens is 4. The number of rotatable bonds is 7. The molecule has 0 aliphatic heterocycles. The van der Waals surface area contributed by atoms with E-state index in [1.54, 1.807) is 0 Å². The zero-order chi connectivity index (χ0) is 37.0. The van der Waals surface area contributed by atoms with Crippen molar-refractivity contribution in [1.29, 1.82) is 0 Å². The maximum atomic E-state index is 6.59. The summed E-state index contributed by atoms with van der Waals surface area (Å²) in [5.41, 5.74) is 9.19. The van der Waals surface area contributed by atoms with Crippen LogP contribution in [0.3, 0.4) is 0 Å². The minimum absolute atomic E-state index is 0. The second kappa shape index (κ2) is 14.1. The van der Waals surface area contributed by atoms with E-state index in [1.807, 2.05) is 36.5 Å². The van der Waals surface area contributed by atoms with E-state index in [4.69, 9.17) is 14.7 Å². The smallest absolute Gasteiger partial charge is 0.503 e. The van der Waals surface area contributed by atoms with Crippen molar-refractivity contribution >= 4 is 32.8 Å². The molecule has 6 heteroatoms. The Hall–Kier alpha value is -5.77. The molecule has 3 heterocycles. The van der Waals surface area contributed by atoms with Crippen molar-refractivity contribution in [2.75, 3.05) is 0 Å². The molecule has 0 unspecified atom stereocenters. The Kier molecular flexibility index (Phi) is 9.31. The zero-order valence-corrected chi connectivity index (χ0v) is 33.7. The molecule has 0 saturated carbocycles. The van der Waals surface area contributed by atoms with Crippen LogP contribution in [-0.2, 0) is 31.9 Å². The van der Waals surface area contributed by atoms with Crippen molar-refractivity contribution in [3.05, 3.63) is 181 Å². The maximum absolute atomic E-state index is 6.59. The van der Waals surface area contributed by atoms with Crippen molar-refractivity contribution in [2.24, 2.45) is 0 Å². The van der Waals surface area contributed by atoms with Gasteiger partial charge in [-0.05, 0) is 63.9 Å². The Morgan fingerprint density at radius 1 is 0.600 bits per heavy atom. The van der Waals surface area contributed by atoms with Crippen LogP contribution in [0.2, 0.25) is 0 Å². The van der Waals surface area contributed by atoms with E-state index in [0.29, 0.717) is 11.5 Å². The molecule has 0 amide bonds. The third-order valence-corrected chi connectivity index (χ3v) is 10.5. The molecule has 272 valence electrons. The van der Waals surface area contributed by atoms with Crippen LogP contribution in [0.1, 0.15) is 51.3 Å². The molecule has 0 fully saturated rings. The molecular formula is C49H40N4OPt. The minimum atomic E-state index is -0.278. The summed E-state index contributed by atoms with van der Waals surface area (Å²) in [5.74, 6) is 2.82. The Morgan fingerprint density at radius 2 is 1.31 bits per heavy atom. The fourth-order valence-corrected chi connectivity index (χ4v) is 7.59. The number of para-hydroxylation sites is 3. The third-order valence-electron chi connectivity index (χ3n) is 10.5. The minimum Gasteiger partial charge on any atom is -0.503 e. The number of hydrogen-bond donors (Lipinski definition) is 0. The first-order valence-corrected chi connectivity index (χ1v) is 18.4. The van der Waals surface area contributed by atoms with E-state index in [9.17, 15) is 0 Å². The second-order valence-corrected chi connectivity index (χ2v) is 15.4. The number of pyridine rings is 1. The normalized spacial score (nSPS) is 11.9. The number of fused-ring (bicyclic) bond motifs is 4. The van der Waals surface area contributed by atoms with E-state index >= 15 is 0 Å². The van der Waals surface area contributed by atoms with Gasteiger partial charge in [-0.2, -0.15) is 6.07 Å². The molecule has 0 bridgehead atoms. The van der Waals surface area contributed by atoms with Gasteiger partial charge < -0.3 is 13.9 Å². The van der Waals surface area contributed by atoms with Gasteiger partial charge in [0, 0.05) is 34.3 Å². The molecule has 0 atom stereocenters. The van der Waals surface area contributed by atoms with Gasteiger partial charge in [-0.15, -0.1) is 41.3 Å². The first-order valence-electron chi connectivity index (χ1n) is 18.4. The van der Waals surface area contributed by atoms with Crippen molar-refractivity contribution < 1.29 is 25.8 Å². The zero-order valence-electron chi connectivity index (χ0n) is 31.4. The first-order chi connectivity index (χ1) is 26.2. The van der Waals surface area contributed by atoms with Gasteiger partial charge in [-0.3, -0.25) is 4.98 Å². The average Bonchev–Trinajstić information content (AvgIpc) is 3.75. The second-order valence-electron chi connectivity index (χ2n) is 15.4. The largest absolute Gasteiger partial charge is 2.00 e. The number of nitrogens with zero attached hydrogens (tertiary/aromatic N) is 4. The molecule has 0 spiro atoms.